The maximum Gasteiger partial charge on any atom is 0.257 e. The van der Waals surface area contributed by atoms with Crippen LogP contribution in [0, 0.1) is 5.82 Å². The third kappa shape index (κ3) is 5.23. The van der Waals surface area contributed by atoms with Gasteiger partial charge in [0, 0.05) is 25.9 Å². The van der Waals surface area contributed by atoms with Crippen LogP contribution in [0.3, 0.4) is 0 Å². The van der Waals surface area contributed by atoms with E-state index in [-0.39, 0.29) is 11.0 Å². The Bertz CT molecular complexity index is 1360. The van der Waals surface area contributed by atoms with Crippen molar-refractivity contribution in [2.24, 2.45) is 0 Å². The Morgan fingerprint density at radius 1 is 1.30 bits per heavy atom. The summed E-state index contributed by atoms with van der Waals surface area (Å²) in [6.45, 7) is 8.60. The van der Waals surface area contributed by atoms with E-state index in [0.717, 1.165) is 23.1 Å². The first-order valence-corrected chi connectivity index (χ1v) is 15.5. The number of aliphatic hydroxyl groups excluding tert-OH is 1. The topological polar surface area (TPSA) is 92.7 Å². The predicted octanol–water partition coefficient (Wildman–Crippen LogP) is 4.95. The molecule has 10 heteroatoms. The van der Waals surface area contributed by atoms with E-state index in [9.17, 15) is 14.3 Å². The molecule has 0 unspecified atom stereocenters. The molecule has 0 saturated heterocycles. The molecule has 3 heterocycles. The molecule has 1 atom stereocenters. The number of fused-ring (bicyclic) bond motifs is 2. The smallest absolute Gasteiger partial charge is 0.257 e. The molecule has 0 aliphatic rings. The van der Waals surface area contributed by atoms with Gasteiger partial charge >= 0.3 is 0 Å². The number of carbonyl (C=O) groups is 1. The van der Waals surface area contributed by atoms with Crippen LogP contribution in [0.15, 0.2) is 47.3 Å². The number of hydrogen-bond donors (Lipinski definition) is 3. The number of amides is 1. The second-order valence-electron chi connectivity index (χ2n) is 9.18. The van der Waals surface area contributed by atoms with Crippen LogP contribution in [0.4, 0.5) is 4.39 Å². The van der Waals surface area contributed by atoms with E-state index >= 15 is 0 Å². The quantitative estimate of drug-likeness (QED) is 0.195. The van der Waals surface area contributed by atoms with Gasteiger partial charge in [0.25, 0.3) is 5.91 Å². The number of halogens is 1. The molecule has 4 rings (SSSR count). The van der Waals surface area contributed by atoms with Gasteiger partial charge in [0.05, 0.1) is 17.8 Å². The molecule has 0 saturated carbocycles. The number of aromatic nitrogens is 3. The van der Waals surface area contributed by atoms with E-state index in [1.165, 1.54) is 22.8 Å². The van der Waals surface area contributed by atoms with Crippen molar-refractivity contribution in [3.8, 4) is 0 Å². The Morgan fingerprint density at radius 2 is 2.09 bits per heavy atom. The molecule has 0 bridgehead atoms. The normalized spacial score (nSPS) is 13.8. The minimum absolute atomic E-state index is 0.0905. The molecule has 0 spiro atoms. The molecule has 2 N–H and O–H groups in total. The fourth-order valence-electron chi connectivity index (χ4n) is 3.43. The molecule has 0 aliphatic heterocycles. The molecular weight excluding hydrogens is 459 g/mol. The van der Waals surface area contributed by atoms with Gasteiger partial charge in [-0.05, 0) is 43.0 Å². The van der Waals surface area contributed by atoms with Crippen LogP contribution in [-0.4, -0.2) is 44.5 Å². The minimum Gasteiger partial charge on any atom is -0.458 e. The minimum atomic E-state index is -1.24. The van der Waals surface area contributed by atoms with E-state index in [0.29, 0.717) is 33.5 Å². The standard InChI is InChI=1S/C23H27FN4O3SSi/c1-14(27-22(29)18-13-26-28-7-5-6-25-21(18)28)19-11-15-10-16(24)12-17(20(15)31-19)23(30)32-8-9-33(2,3)4/h5-7,10-14,30,32H,8-9H2,1-4H3,(H,27,29)/t14-/m0/s1. The summed E-state index contributed by atoms with van der Waals surface area (Å²) < 4.78 is 21.8. The molecule has 1 aromatic carbocycles. The summed E-state index contributed by atoms with van der Waals surface area (Å²) in [6, 6.07) is 6.63. The van der Waals surface area contributed by atoms with Crippen LogP contribution in [0.1, 0.15) is 34.6 Å². The lowest BCUT2D eigenvalue weighted by Gasteiger charge is -2.13. The Morgan fingerprint density at radius 3 is 2.85 bits per heavy atom. The zero-order valence-corrected chi connectivity index (χ0v) is 20.9. The fraction of sp³-hybridized carbons (Fsp3) is 0.304. The van der Waals surface area contributed by atoms with Crippen LogP contribution in [0.2, 0.25) is 25.7 Å². The van der Waals surface area contributed by atoms with Gasteiger partial charge in [0.2, 0.25) is 0 Å². The highest BCUT2D eigenvalue weighted by Crippen LogP contribution is 2.29. The molecule has 0 aliphatic carbocycles. The molecular formula is C23H27FN4O3SSi. The Balaban J connectivity index is 1.59. The van der Waals surface area contributed by atoms with Crippen molar-refractivity contribution in [1.29, 1.82) is 0 Å². The first-order valence-electron chi connectivity index (χ1n) is 10.7. The molecule has 174 valence electrons. The highest BCUT2D eigenvalue weighted by Gasteiger charge is 2.21. The lowest BCUT2D eigenvalue weighted by atomic mass is 10.1. The largest absolute Gasteiger partial charge is 0.458 e. The molecule has 0 radical (unpaired) electrons. The lowest BCUT2D eigenvalue weighted by molar-refractivity contribution is 0.0937. The zero-order valence-electron chi connectivity index (χ0n) is 19.0. The summed E-state index contributed by atoms with van der Waals surface area (Å²) in [4.78, 5) is 17.0. The third-order valence-electron chi connectivity index (χ3n) is 5.26. The monoisotopic (exact) mass is 486 g/mol. The average molecular weight is 487 g/mol. The summed E-state index contributed by atoms with van der Waals surface area (Å²) in [5.41, 5.74) is 1.55. The van der Waals surface area contributed by atoms with Crippen molar-refractivity contribution in [2.45, 2.75) is 38.7 Å². The van der Waals surface area contributed by atoms with Crippen molar-refractivity contribution < 1.29 is 18.7 Å². The number of nitrogens with one attached hydrogen (secondary N) is 1. The van der Waals surface area contributed by atoms with Gasteiger partial charge < -0.3 is 14.8 Å². The van der Waals surface area contributed by atoms with E-state index in [2.05, 4.69) is 35.0 Å². The number of nitrogens with zero attached hydrogens (tertiary/aromatic N) is 3. The first kappa shape index (κ1) is 23.3. The number of carbonyl (C=O) groups excluding carboxylic acids is 1. The molecule has 33 heavy (non-hydrogen) atoms. The average Bonchev–Trinajstić information content (AvgIpc) is 3.36. The van der Waals surface area contributed by atoms with E-state index in [1.54, 1.807) is 31.5 Å². The third-order valence-corrected chi connectivity index (χ3v) is 8.42. The SMILES string of the molecule is C[C@H](NC(=O)c1cnn2cccnc12)c1cc2cc(F)cc(C(O)=[SH]CC[Si](C)(C)C)c2o1. The highest BCUT2D eigenvalue weighted by molar-refractivity contribution is 7.98. The van der Waals surface area contributed by atoms with Crippen molar-refractivity contribution in [3.63, 3.8) is 0 Å². The van der Waals surface area contributed by atoms with Crippen LogP contribution in [0.25, 0.3) is 16.6 Å². The van der Waals surface area contributed by atoms with Gasteiger partial charge in [-0.25, -0.2) is 13.9 Å². The second-order valence-corrected chi connectivity index (χ2v) is 16.0. The van der Waals surface area contributed by atoms with Crippen LogP contribution >= 0.6 is 11.4 Å². The number of aliphatic hydroxyl groups is 1. The van der Waals surface area contributed by atoms with E-state index in [4.69, 9.17) is 4.42 Å². The van der Waals surface area contributed by atoms with Gasteiger partial charge in [-0.2, -0.15) is 16.4 Å². The van der Waals surface area contributed by atoms with Crippen LogP contribution in [0.5, 0.6) is 0 Å². The molecule has 1 amide bonds. The van der Waals surface area contributed by atoms with Gasteiger partial charge in [-0.3, -0.25) is 4.79 Å². The molecule has 0 fully saturated rings. The number of hydrogen-bond acceptors (Lipinski definition) is 4. The maximum absolute atomic E-state index is 14.3. The molecule has 7 nitrogen and oxygen atoms in total. The second kappa shape index (κ2) is 9.20. The number of furan rings is 1. The predicted molar refractivity (Wildman–Crippen MR) is 134 cm³/mol. The molecule has 3 aromatic heterocycles. The number of rotatable bonds is 7. The Kier molecular flexibility index (Phi) is 6.51. The summed E-state index contributed by atoms with van der Waals surface area (Å²) in [7, 11) is -1.24. The molecule has 4 aromatic rings. The first-order chi connectivity index (χ1) is 15.6. The van der Waals surface area contributed by atoms with Crippen molar-refractivity contribution >= 4 is 47.0 Å². The van der Waals surface area contributed by atoms with Crippen LogP contribution in [-0.2, 0) is 0 Å². The van der Waals surface area contributed by atoms with E-state index < -0.39 is 19.9 Å². The Labute approximate surface area is 195 Å². The summed E-state index contributed by atoms with van der Waals surface area (Å²) in [5.74, 6) is 0.474. The number of benzene rings is 1. The van der Waals surface area contributed by atoms with Crippen molar-refractivity contribution in [1.82, 2.24) is 19.9 Å². The van der Waals surface area contributed by atoms with Gasteiger partial charge in [-0.1, -0.05) is 19.6 Å². The fourth-order valence-corrected chi connectivity index (χ4v) is 7.11. The van der Waals surface area contributed by atoms with Crippen molar-refractivity contribution in [3.05, 3.63) is 65.6 Å². The highest BCUT2D eigenvalue weighted by atomic mass is 32.1. The van der Waals surface area contributed by atoms with Crippen molar-refractivity contribution in [2.75, 3.05) is 5.75 Å². The number of thiol groups is 1. The lowest BCUT2D eigenvalue weighted by Crippen LogP contribution is -2.26. The maximum atomic E-state index is 14.3. The summed E-state index contributed by atoms with van der Waals surface area (Å²) >= 11 is 0.744. The van der Waals surface area contributed by atoms with E-state index in [1.807, 2.05) is 0 Å². The summed E-state index contributed by atoms with van der Waals surface area (Å²) in [6.07, 6.45) is 4.77. The van der Waals surface area contributed by atoms with Gasteiger partial charge in [0.1, 0.15) is 27.8 Å². The van der Waals surface area contributed by atoms with Gasteiger partial charge in [-0.15, -0.1) is 0 Å². The Hall–Kier alpha value is -2.82. The van der Waals surface area contributed by atoms with Crippen LogP contribution < -0.4 is 5.32 Å². The summed E-state index contributed by atoms with van der Waals surface area (Å²) in [5, 5.41) is 18.3. The zero-order chi connectivity index (χ0) is 23.8. The van der Waals surface area contributed by atoms with Gasteiger partial charge in [0.15, 0.2) is 5.65 Å².